The number of hydrogen-bond acceptors (Lipinski definition) is 3. The van der Waals surface area contributed by atoms with Crippen molar-refractivity contribution < 1.29 is 18.6 Å². The SMILES string of the molecule is Oc1cnc2c(OC(F)F)cccc2c1. The van der Waals surface area contributed by atoms with Gasteiger partial charge in [0, 0.05) is 5.39 Å². The molecule has 0 radical (unpaired) electrons. The summed E-state index contributed by atoms with van der Waals surface area (Å²) in [4.78, 5) is 3.83. The molecular weight excluding hydrogens is 204 g/mol. The van der Waals surface area contributed by atoms with Gasteiger partial charge in [-0.1, -0.05) is 12.1 Å². The maximum absolute atomic E-state index is 12.0. The van der Waals surface area contributed by atoms with E-state index in [9.17, 15) is 8.78 Å². The Balaban J connectivity index is 2.56. The summed E-state index contributed by atoms with van der Waals surface area (Å²) in [7, 11) is 0. The molecule has 3 nitrogen and oxygen atoms in total. The average molecular weight is 211 g/mol. The maximum atomic E-state index is 12.0. The lowest BCUT2D eigenvalue weighted by Gasteiger charge is -2.06. The summed E-state index contributed by atoms with van der Waals surface area (Å²) in [6.07, 6.45) is 1.18. The van der Waals surface area contributed by atoms with Gasteiger partial charge in [-0.25, -0.2) is 4.98 Å². The number of para-hydroxylation sites is 1. The van der Waals surface area contributed by atoms with Crippen LogP contribution in [0, 0.1) is 0 Å². The Kier molecular flexibility index (Phi) is 2.37. The Labute approximate surface area is 83.9 Å². The van der Waals surface area contributed by atoms with Gasteiger partial charge in [-0.3, -0.25) is 0 Å². The normalized spacial score (nSPS) is 10.9. The van der Waals surface area contributed by atoms with Crippen LogP contribution in [0.2, 0.25) is 0 Å². The molecule has 0 spiro atoms. The maximum Gasteiger partial charge on any atom is 0.387 e. The Morgan fingerprint density at radius 1 is 1.33 bits per heavy atom. The van der Waals surface area contributed by atoms with Crippen molar-refractivity contribution in [2.24, 2.45) is 0 Å². The van der Waals surface area contributed by atoms with E-state index in [1.807, 2.05) is 0 Å². The number of aromatic hydroxyl groups is 1. The van der Waals surface area contributed by atoms with Gasteiger partial charge >= 0.3 is 6.61 Å². The number of alkyl halides is 2. The molecule has 2 aromatic rings. The third kappa shape index (κ3) is 1.96. The van der Waals surface area contributed by atoms with E-state index in [4.69, 9.17) is 5.11 Å². The van der Waals surface area contributed by atoms with Crippen molar-refractivity contribution in [3.63, 3.8) is 0 Å². The van der Waals surface area contributed by atoms with Crippen molar-refractivity contribution in [1.29, 1.82) is 0 Å². The molecule has 0 bridgehead atoms. The summed E-state index contributed by atoms with van der Waals surface area (Å²) < 4.78 is 28.3. The van der Waals surface area contributed by atoms with E-state index < -0.39 is 6.61 Å². The van der Waals surface area contributed by atoms with E-state index in [-0.39, 0.29) is 11.5 Å². The van der Waals surface area contributed by atoms with Crippen LogP contribution in [0.15, 0.2) is 30.5 Å². The number of rotatable bonds is 2. The fourth-order valence-electron chi connectivity index (χ4n) is 1.31. The lowest BCUT2D eigenvalue weighted by Crippen LogP contribution is -2.02. The topological polar surface area (TPSA) is 42.4 Å². The molecule has 0 aliphatic carbocycles. The molecule has 1 aromatic carbocycles. The molecule has 0 saturated heterocycles. The van der Waals surface area contributed by atoms with Crippen LogP contribution >= 0.6 is 0 Å². The number of hydrogen-bond donors (Lipinski definition) is 1. The van der Waals surface area contributed by atoms with Crippen LogP contribution in [0.3, 0.4) is 0 Å². The van der Waals surface area contributed by atoms with Crippen LogP contribution in [0.5, 0.6) is 11.5 Å². The minimum absolute atomic E-state index is 0.00231. The third-order valence-electron chi connectivity index (χ3n) is 1.88. The van der Waals surface area contributed by atoms with E-state index in [2.05, 4.69) is 9.72 Å². The highest BCUT2D eigenvalue weighted by Gasteiger charge is 2.09. The van der Waals surface area contributed by atoms with E-state index in [1.54, 1.807) is 12.1 Å². The van der Waals surface area contributed by atoms with E-state index in [0.29, 0.717) is 10.9 Å². The molecule has 1 heterocycles. The molecule has 0 aliphatic heterocycles. The van der Waals surface area contributed by atoms with Gasteiger partial charge in [-0.05, 0) is 12.1 Å². The smallest absolute Gasteiger partial charge is 0.387 e. The molecule has 1 aromatic heterocycles. The second kappa shape index (κ2) is 3.68. The van der Waals surface area contributed by atoms with E-state index in [0.717, 1.165) is 0 Å². The summed E-state index contributed by atoms with van der Waals surface area (Å²) in [6.45, 7) is -2.88. The van der Waals surface area contributed by atoms with Crippen LogP contribution in [-0.4, -0.2) is 16.7 Å². The molecule has 0 fully saturated rings. The first-order valence-corrected chi connectivity index (χ1v) is 4.19. The Hall–Kier alpha value is -1.91. The van der Waals surface area contributed by atoms with Gasteiger partial charge in [0.05, 0.1) is 6.20 Å². The average Bonchev–Trinajstić information content (AvgIpc) is 2.16. The fourth-order valence-corrected chi connectivity index (χ4v) is 1.31. The van der Waals surface area contributed by atoms with Gasteiger partial charge in [0.15, 0.2) is 5.75 Å². The van der Waals surface area contributed by atoms with Crippen LogP contribution in [0.1, 0.15) is 0 Å². The summed E-state index contributed by atoms with van der Waals surface area (Å²) in [5.74, 6) is -0.0146. The highest BCUT2D eigenvalue weighted by molar-refractivity contribution is 5.85. The van der Waals surface area contributed by atoms with Crippen molar-refractivity contribution in [3.05, 3.63) is 30.5 Å². The lowest BCUT2D eigenvalue weighted by molar-refractivity contribution is -0.0489. The van der Waals surface area contributed by atoms with Gasteiger partial charge in [-0.2, -0.15) is 8.78 Å². The zero-order valence-corrected chi connectivity index (χ0v) is 7.52. The van der Waals surface area contributed by atoms with Gasteiger partial charge in [0.25, 0.3) is 0 Å². The van der Waals surface area contributed by atoms with Crippen molar-refractivity contribution in [2.75, 3.05) is 0 Å². The third-order valence-corrected chi connectivity index (χ3v) is 1.88. The number of halogens is 2. The first kappa shape index (κ1) is 9.64. The molecule has 2 rings (SSSR count). The van der Waals surface area contributed by atoms with Crippen molar-refractivity contribution >= 4 is 10.9 Å². The van der Waals surface area contributed by atoms with Crippen LogP contribution < -0.4 is 4.74 Å². The molecule has 5 heteroatoms. The van der Waals surface area contributed by atoms with Crippen LogP contribution in [0.25, 0.3) is 10.9 Å². The number of pyridine rings is 1. The standard InChI is InChI=1S/C10H7F2NO2/c11-10(12)15-8-3-1-2-6-4-7(14)5-13-9(6)8/h1-5,10,14H. The molecule has 0 saturated carbocycles. The van der Waals surface area contributed by atoms with Crippen molar-refractivity contribution in [1.82, 2.24) is 4.98 Å². The van der Waals surface area contributed by atoms with Gasteiger partial charge in [0.2, 0.25) is 0 Å². The van der Waals surface area contributed by atoms with Crippen molar-refractivity contribution in [2.45, 2.75) is 6.61 Å². The summed E-state index contributed by atoms with van der Waals surface area (Å²) >= 11 is 0. The number of benzene rings is 1. The minimum atomic E-state index is -2.88. The van der Waals surface area contributed by atoms with Crippen molar-refractivity contribution in [3.8, 4) is 11.5 Å². The van der Waals surface area contributed by atoms with Gasteiger partial charge < -0.3 is 9.84 Å². The number of nitrogens with zero attached hydrogens (tertiary/aromatic N) is 1. The van der Waals surface area contributed by atoms with Crippen LogP contribution in [0.4, 0.5) is 8.78 Å². The number of aromatic nitrogens is 1. The molecule has 1 N–H and O–H groups in total. The molecular formula is C10H7F2NO2. The minimum Gasteiger partial charge on any atom is -0.506 e. The fraction of sp³-hybridized carbons (Fsp3) is 0.100. The van der Waals surface area contributed by atoms with E-state index >= 15 is 0 Å². The molecule has 15 heavy (non-hydrogen) atoms. The zero-order valence-electron chi connectivity index (χ0n) is 7.52. The first-order valence-electron chi connectivity index (χ1n) is 4.19. The lowest BCUT2D eigenvalue weighted by atomic mass is 10.2. The monoisotopic (exact) mass is 211 g/mol. The number of fused-ring (bicyclic) bond motifs is 1. The van der Waals surface area contributed by atoms with Crippen LogP contribution in [-0.2, 0) is 0 Å². The zero-order chi connectivity index (χ0) is 10.8. The second-order valence-electron chi connectivity index (χ2n) is 2.90. The predicted octanol–water partition coefficient (Wildman–Crippen LogP) is 2.54. The quantitative estimate of drug-likeness (QED) is 0.829. The Morgan fingerprint density at radius 2 is 2.13 bits per heavy atom. The van der Waals surface area contributed by atoms with Gasteiger partial charge in [0.1, 0.15) is 11.3 Å². The number of ether oxygens (including phenoxy) is 1. The van der Waals surface area contributed by atoms with Gasteiger partial charge in [-0.15, -0.1) is 0 Å². The Morgan fingerprint density at radius 3 is 2.87 bits per heavy atom. The highest BCUT2D eigenvalue weighted by Crippen LogP contribution is 2.26. The molecule has 0 aliphatic rings. The second-order valence-corrected chi connectivity index (χ2v) is 2.90. The van der Waals surface area contributed by atoms with E-state index in [1.165, 1.54) is 18.3 Å². The molecule has 78 valence electrons. The molecule has 0 atom stereocenters. The summed E-state index contributed by atoms with van der Waals surface area (Å²) in [5, 5.41) is 9.70. The highest BCUT2D eigenvalue weighted by atomic mass is 19.3. The summed E-state index contributed by atoms with van der Waals surface area (Å²) in [5.41, 5.74) is 0.301. The molecule has 0 amide bonds. The molecule has 0 unspecified atom stereocenters. The largest absolute Gasteiger partial charge is 0.506 e. The summed E-state index contributed by atoms with van der Waals surface area (Å²) in [6, 6.07) is 6.04. The first-order chi connectivity index (χ1) is 7.16. The predicted molar refractivity (Wildman–Crippen MR) is 50.0 cm³/mol. The Bertz CT molecular complexity index is 488.